The van der Waals surface area contributed by atoms with Crippen molar-refractivity contribution in [1.29, 1.82) is 0 Å². The van der Waals surface area contributed by atoms with Crippen LogP contribution in [0.2, 0.25) is 0 Å². The van der Waals surface area contributed by atoms with E-state index in [1.807, 2.05) is 0 Å². The molecule has 0 aliphatic heterocycles. The smallest absolute Gasteiger partial charge is 0.294 e. The summed E-state index contributed by atoms with van der Waals surface area (Å²) in [6.45, 7) is 0. The largest absolute Gasteiger partial charge is 0.417 e. The molecule has 0 N–H and O–H groups in total. The predicted molar refractivity (Wildman–Crippen MR) is 59.1 cm³/mol. The second-order valence-electron chi connectivity index (χ2n) is 3.43. The van der Waals surface area contributed by atoms with Gasteiger partial charge in [0, 0.05) is 22.9 Å². The van der Waals surface area contributed by atoms with Crippen molar-refractivity contribution in [3.05, 3.63) is 34.9 Å². The highest BCUT2D eigenvalue weighted by atomic mass is 79.9. The average molecular weight is 331 g/mol. The van der Waals surface area contributed by atoms with E-state index in [-0.39, 0.29) is 11.8 Å². The lowest BCUT2D eigenvalue weighted by Crippen LogP contribution is -2.16. The number of hydrogen-bond donors (Lipinski definition) is 0. The van der Waals surface area contributed by atoms with E-state index in [4.69, 9.17) is 0 Å². The Labute approximate surface area is 108 Å². The molecular formula is C11H8BrF5O. The molecule has 0 unspecified atom stereocenters. The van der Waals surface area contributed by atoms with Crippen LogP contribution < -0.4 is 0 Å². The first-order valence-corrected chi connectivity index (χ1v) is 5.98. The minimum atomic E-state index is -4.98. The number of carbonyl (C=O) groups is 1. The molecule has 1 nitrogen and oxygen atoms in total. The molecule has 0 bridgehead atoms. The number of Topliss-reactive ketones (excluding diaryl/α,β-unsaturated/α-hetero) is 1. The summed E-state index contributed by atoms with van der Waals surface area (Å²) in [4.78, 5) is 11.5. The summed E-state index contributed by atoms with van der Waals surface area (Å²) in [5.41, 5.74) is -3.41. The van der Waals surface area contributed by atoms with Crippen molar-refractivity contribution in [2.24, 2.45) is 0 Å². The first-order chi connectivity index (χ1) is 8.29. The molecule has 0 amide bonds. The van der Waals surface area contributed by atoms with E-state index in [2.05, 4.69) is 15.9 Å². The minimum Gasteiger partial charge on any atom is -0.294 e. The fourth-order valence-electron chi connectivity index (χ4n) is 1.52. The zero-order valence-corrected chi connectivity index (χ0v) is 10.5. The number of benzene rings is 1. The summed E-state index contributed by atoms with van der Waals surface area (Å²) < 4.78 is 63.5. The van der Waals surface area contributed by atoms with E-state index in [1.54, 1.807) is 0 Å². The molecule has 7 heteroatoms. The van der Waals surface area contributed by atoms with Crippen LogP contribution in [0.15, 0.2) is 18.2 Å². The zero-order valence-electron chi connectivity index (χ0n) is 8.90. The predicted octanol–water partition coefficient (Wildman–Crippen LogP) is 4.61. The third kappa shape index (κ3) is 3.28. The quantitative estimate of drug-likeness (QED) is 0.447. The molecule has 0 atom stereocenters. The normalized spacial score (nSPS) is 11.9. The molecule has 0 fully saturated rings. The van der Waals surface area contributed by atoms with Crippen LogP contribution in [0.4, 0.5) is 22.0 Å². The maximum absolute atomic E-state index is 12.8. The molecule has 100 valence electrons. The Hall–Kier alpha value is -0.980. The van der Waals surface area contributed by atoms with Gasteiger partial charge in [-0.2, -0.15) is 13.2 Å². The number of alkyl halides is 6. The first-order valence-electron chi connectivity index (χ1n) is 4.86. The lowest BCUT2D eigenvalue weighted by molar-refractivity contribution is -0.139. The van der Waals surface area contributed by atoms with Crippen LogP contribution in [0.3, 0.4) is 0 Å². The monoisotopic (exact) mass is 330 g/mol. The van der Waals surface area contributed by atoms with Crippen LogP contribution >= 0.6 is 15.9 Å². The molecule has 0 heterocycles. The molecule has 1 aromatic rings. The lowest BCUT2D eigenvalue weighted by Gasteiger charge is -2.16. The molecule has 0 spiro atoms. The molecule has 0 saturated carbocycles. The third-order valence-corrected chi connectivity index (χ3v) is 2.63. The van der Waals surface area contributed by atoms with Crippen molar-refractivity contribution >= 4 is 21.7 Å². The van der Waals surface area contributed by atoms with Crippen molar-refractivity contribution in [2.45, 2.75) is 19.0 Å². The fourth-order valence-corrected chi connectivity index (χ4v) is 1.88. The lowest BCUT2D eigenvalue weighted by atomic mass is 9.96. The Morgan fingerprint density at radius 2 is 1.89 bits per heavy atom. The van der Waals surface area contributed by atoms with Crippen molar-refractivity contribution in [3.8, 4) is 0 Å². The van der Waals surface area contributed by atoms with Gasteiger partial charge < -0.3 is 0 Å². The van der Waals surface area contributed by atoms with Crippen LogP contribution in [0.1, 0.15) is 34.3 Å². The molecule has 1 rings (SSSR count). The van der Waals surface area contributed by atoms with Gasteiger partial charge in [0.05, 0.1) is 5.56 Å². The number of halogens is 6. The van der Waals surface area contributed by atoms with E-state index in [9.17, 15) is 26.7 Å². The van der Waals surface area contributed by atoms with Gasteiger partial charge in [-0.25, -0.2) is 8.78 Å². The van der Waals surface area contributed by atoms with Crippen LogP contribution in [0.25, 0.3) is 0 Å². The van der Waals surface area contributed by atoms with Crippen LogP contribution in [-0.4, -0.2) is 11.1 Å². The fraction of sp³-hybridized carbons (Fsp3) is 0.364. The summed E-state index contributed by atoms with van der Waals surface area (Å²) >= 11 is 2.92. The van der Waals surface area contributed by atoms with Crippen LogP contribution in [0.5, 0.6) is 0 Å². The van der Waals surface area contributed by atoms with E-state index < -0.39 is 35.1 Å². The minimum absolute atomic E-state index is 0.169. The van der Waals surface area contributed by atoms with Gasteiger partial charge in [-0.1, -0.05) is 34.1 Å². The molecule has 0 radical (unpaired) electrons. The van der Waals surface area contributed by atoms with Crippen molar-refractivity contribution in [2.75, 3.05) is 5.33 Å². The number of carbonyl (C=O) groups excluding carboxylic acids is 1. The highest BCUT2D eigenvalue weighted by molar-refractivity contribution is 9.09. The Morgan fingerprint density at radius 3 is 2.33 bits per heavy atom. The highest BCUT2D eigenvalue weighted by Crippen LogP contribution is 2.39. The zero-order chi connectivity index (χ0) is 13.9. The standard InChI is InChI=1S/C11H8BrF5O/c12-5-4-8(18)6-2-1-3-7(10(13)14)9(6)11(15,16)17/h1-3,10H,4-5H2. The molecular weight excluding hydrogens is 323 g/mol. The Balaban J connectivity index is 3.43. The summed E-state index contributed by atoms with van der Waals surface area (Å²) in [6, 6.07) is 2.62. The average Bonchev–Trinajstić information content (AvgIpc) is 2.27. The molecule has 0 saturated heterocycles. The third-order valence-electron chi connectivity index (χ3n) is 2.24. The van der Waals surface area contributed by atoms with E-state index in [0.717, 1.165) is 12.1 Å². The molecule has 1 aromatic carbocycles. The molecule has 0 aromatic heterocycles. The number of ketones is 1. The van der Waals surface area contributed by atoms with Crippen LogP contribution in [-0.2, 0) is 6.18 Å². The second kappa shape index (κ2) is 5.77. The van der Waals surface area contributed by atoms with Crippen molar-refractivity contribution < 1.29 is 26.7 Å². The van der Waals surface area contributed by atoms with Gasteiger partial charge in [-0.3, -0.25) is 4.79 Å². The van der Waals surface area contributed by atoms with Gasteiger partial charge in [0.1, 0.15) is 0 Å². The van der Waals surface area contributed by atoms with Gasteiger partial charge in [-0.15, -0.1) is 0 Å². The summed E-state index contributed by atoms with van der Waals surface area (Å²) in [6.07, 6.45) is -8.45. The topological polar surface area (TPSA) is 17.1 Å². The SMILES string of the molecule is O=C(CCBr)c1cccc(C(F)F)c1C(F)(F)F. The first kappa shape index (κ1) is 15.1. The molecule has 18 heavy (non-hydrogen) atoms. The molecule has 0 aliphatic carbocycles. The maximum atomic E-state index is 12.8. The molecule has 0 aliphatic rings. The Bertz CT molecular complexity index is 442. The van der Waals surface area contributed by atoms with Gasteiger partial charge in [0.25, 0.3) is 6.43 Å². The number of hydrogen-bond acceptors (Lipinski definition) is 1. The van der Waals surface area contributed by atoms with Crippen molar-refractivity contribution in [3.63, 3.8) is 0 Å². The second-order valence-corrected chi connectivity index (χ2v) is 4.22. The van der Waals surface area contributed by atoms with Gasteiger partial charge >= 0.3 is 6.18 Å². The highest BCUT2D eigenvalue weighted by Gasteiger charge is 2.39. The van der Waals surface area contributed by atoms with E-state index >= 15 is 0 Å². The number of rotatable bonds is 4. The van der Waals surface area contributed by atoms with E-state index in [1.165, 1.54) is 0 Å². The Kier molecular flexibility index (Phi) is 4.84. The van der Waals surface area contributed by atoms with Gasteiger partial charge in [-0.05, 0) is 0 Å². The van der Waals surface area contributed by atoms with Gasteiger partial charge in [0.15, 0.2) is 5.78 Å². The Morgan fingerprint density at radius 1 is 1.28 bits per heavy atom. The summed E-state index contributed by atoms with van der Waals surface area (Å²) in [7, 11) is 0. The van der Waals surface area contributed by atoms with Crippen molar-refractivity contribution in [1.82, 2.24) is 0 Å². The van der Waals surface area contributed by atoms with E-state index in [0.29, 0.717) is 6.07 Å². The van der Waals surface area contributed by atoms with Crippen LogP contribution in [0, 0.1) is 0 Å². The van der Waals surface area contributed by atoms with Gasteiger partial charge in [0.2, 0.25) is 0 Å². The summed E-state index contributed by atoms with van der Waals surface area (Å²) in [5, 5.41) is 0.169. The maximum Gasteiger partial charge on any atom is 0.417 e. The summed E-state index contributed by atoms with van der Waals surface area (Å²) in [5.74, 6) is -0.818.